The molecule has 22 heavy (non-hydrogen) atoms. The van der Waals surface area contributed by atoms with Gasteiger partial charge in [0.2, 0.25) is 11.8 Å². The monoisotopic (exact) mass is 300 g/mol. The molecule has 1 aliphatic carbocycles. The predicted molar refractivity (Wildman–Crippen MR) is 88.0 cm³/mol. The molecule has 0 atom stereocenters. The van der Waals surface area contributed by atoms with Crippen molar-refractivity contribution in [2.24, 2.45) is 5.92 Å². The highest BCUT2D eigenvalue weighted by Gasteiger charge is 2.29. The van der Waals surface area contributed by atoms with Gasteiger partial charge in [0.25, 0.3) is 0 Å². The van der Waals surface area contributed by atoms with E-state index in [1.54, 1.807) is 0 Å². The van der Waals surface area contributed by atoms with Crippen LogP contribution in [0, 0.1) is 5.92 Å². The Morgan fingerprint density at radius 1 is 1.23 bits per heavy atom. The summed E-state index contributed by atoms with van der Waals surface area (Å²) >= 11 is 0. The predicted octanol–water partition coefficient (Wildman–Crippen LogP) is 3.50. The first-order valence-electron chi connectivity index (χ1n) is 8.35. The van der Waals surface area contributed by atoms with E-state index in [0.29, 0.717) is 12.3 Å². The van der Waals surface area contributed by atoms with Gasteiger partial charge in [0, 0.05) is 19.9 Å². The molecule has 0 radical (unpaired) electrons. The largest absolute Gasteiger partial charge is 0.325 e. The van der Waals surface area contributed by atoms with Crippen LogP contribution in [0.4, 0.5) is 11.4 Å². The lowest BCUT2D eigenvalue weighted by Crippen LogP contribution is -2.31. The zero-order chi connectivity index (χ0) is 15.5. The van der Waals surface area contributed by atoms with E-state index in [2.05, 4.69) is 11.4 Å². The SMILES string of the molecule is CC(=O)Nc1cccc2c1N(C(=O)CC1CCCCC1)CC2. The number of fused-ring (bicyclic) bond motifs is 1. The van der Waals surface area contributed by atoms with Gasteiger partial charge in [-0.3, -0.25) is 9.59 Å². The summed E-state index contributed by atoms with van der Waals surface area (Å²) in [5, 5.41) is 2.86. The lowest BCUT2D eigenvalue weighted by atomic mass is 9.86. The highest BCUT2D eigenvalue weighted by Crippen LogP contribution is 2.37. The minimum Gasteiger partial charge on any atom is -0.325 e. The van der Waals surface area contributed by atoms with Crippen molar-refractivity contribution >= 4 is 23.2 Å². The van der Waals surface area contributed by atoms with Crippen LogP contribution in [-0.4, -0.2) is 18.4 Å². The van der Waals surface area contributed by atoms with E-state index in [0.717, 1.165) is 29.9 Å². The van der Waals surface area contributed by atoms with E-state index in [4.69, 9.17) is 0 Å². The van der Waals surface area contributed by atoms with Crippen molar-refractivity contribution in [1.29, 1.82) is 0 Å². The van der Waals surface area contributed by atoms with Crippen LogP contribution >= 0.6 is 0 Å². The van der Waals surface area contributed by atoms with E-state index in [-0.39, 0.29) is 11.8 Å². The normalized spacial score (nSPS) is 18.1. The number of nitrogens with zero attached hydrogens (tertiary/aromatic N) is 1. The summed E-state index contributed by atoms with van der Waals surface area (Å²) in [7, 11) is 0. The molecule has 0 spiro atoms. The van der Waals surface area contributed by atoms with Crippen molar-refractivity contribution in [2.45, 2.75) is 51.9 Å². The van der Waals surface area contributed by atoms with Crippen LogP contribution in [0.2, 0.25) is 0 Å². The second-order valence-corrected chi connectivity index (χ2v) is 6.50. The molecule has 1 aromatic rings. The summed E-state index contributed by atoms with van der Waals surface area (Å²) in [5.41, 5.74) is 2.83. The van der Waals surface area contributed by atoms with Gasteiger partial charge in [-0.15, -0.1) is 0 Å². The Balaban J connectivity index is 1.77. The number of para-hydroxylation sites is 1. The minimum atomic E-state index is -0.0972. The molecule has 1 N–H and O–H groups in total. The van der Waals surface area contributed by atoms with Gasteiger partial charge in [0.15, 0.2) is 0 Å². The van der Waals surface area contributed by atoms with E-state index >= 15 is 0 Å². The number of carbonyl (C=O) groups excluding carboxylic acids is 2. The zero-order valence-corrected chi connectivity index (χ0v) is 13.2. The van der Waals surface area contributed by atoms with Gasteiger partial charge in [-0.1, -0.05) is 31.4 Å². The molecule has 0 bridgehead atoms. The van der Waals surface area contributed by atoms with E-state index in [1.807, 2.05) is 17.0 Å². The van der Waals surface area contributed by atoms with Gasteiger partial charge >= 0.3 is 0 Å². The van der Waals surface area contributed by atoms with Crippen LogP contribution in [0.1, 0.15) is 51.0 Å². The number of benzene rings is 1. The number of anilines is 2. The number of rotatable bonds is 3. The van der Waals surface area contributed by atoms with Crippen LogP contribution in [0.3, 0.4) is 0 Å². The fraction of sp³-hybridized carbons (Fsp3) is 0.556. The average Bonchev–Trinajstić information content (AvgIpc) is 2.93. The molecule has 1 aliphatic heterocycles. The number of nitrogens with one attached hydrogen (secondary N) is 1. The number of amides is 2. The first kappa shape index (κ1) is 15.1. The first-order valence-corrected chi connectivity index (χ1v) is 8.35. The summed E-state index contributed by atoms with van der Waals surface area (Å²) in [6.07, 6.45) is 7.70. The van der Waals surface area contributed by atoms with Gasteiger partial charge in [-0.2, -0.15) is 0 Å². The zero-order valence-electron chi connectivity index (χ0n) is 13.2. The highest BCUT2D eigenvalue weighted by molar-refractivity contribution is 6.02. The first-order chi connectivity index (χ1) is 10.6. The molecule has 1 heterocycles. The molecular formula is C18H24N2O2. The molecule has 4 nitrogen and oxygen atoms in total. The average molecular weight is 300 g/mol. The summed E-state index contributed by atoms with van der Waals surface area (Å²) < 4.78 is 0. The second-order valence-electron chi connectivity index (χ2n) is 6.50. The Morgan fingerprint density at radius 3 is 2.73 bits per heavy atom. The molecule has 2 amide bonds. The fourth-order valence-electron chi connectivity index (χ4n) is 3.74. The van der Waals surface area contributed by atoms with Crippen molar-refractivity contribution in [3.63, 3.8) is 0 Å². The maximum atomic E-state index is 12.7. The van der Waals surface area contributed by atoms with Crippen LogP contribution < -0.4 is 10.2 Å². The van der Waals surface area contributed by atoms with Crippen LogP contribution in [0.5, 0.6) is 0 Å². The molecule has 2 aliphatic rings. The maximum absolute atomic E-state index is 12.7. The molecular weight excluding hydrogens is 276 g/mol. The standard InChI is InChI=1S/C18H24N2O2/c1-13(21)19-16-9-5-8-15-10-11-20(18(15)16)17(22)12-14-6-3-2-4-7-14/h5,8-9,14H,2-4,6-7,10-12H2,1H3,(H,19,21). The van der Waals surface area contributed by atoms with Gasteiger partial charge in [0.05, 0.1) is 11.4 Å². The molecule has 0 unspecified atom stereocenters. The summed E-state index contributed by atoms with van der Waals surface area (Å²) in [5.74, 6) is 0.654. The van der Waals surface area contributed by atoms with E-state index in [9.17, 15) is 9.59 Å². The second kappa shape index (κ2) is 6.51. The van der Waals surface area contributed by atoms with Crippen LogP contribution in [0.15, 0.2) is 18.2 Å². The van der Waals surface area contributed by atoms with Gasteiger partial charge in [-0.25, -0.2) is 0 Å². The molecule has 4 heteroatoms. The number of carbonyl (C=O) groups is 2. The topological polar surface area (TPSA) is 49.4 Å². The molecule has 118 valence electrons. The van der Waals surface area contributed by atoms with Gasteiger partial charge in [-0.05, 0) is 36.8 Å². The smallest absolute Gasteiger partial charge is 0.227 e. The Labute approximate surface area is 131 Å². The molecule has 0 saturated heterocycles. The van der Waals surface area contributed by atoms with Gasteiger partial charge in [0.1, 0.15) is 0 Å². The molecule has 0 aromatic heterocycles. The molecule has 1 saturated carbocycles. The van der Waals surface area contributed by atoms with Crippen molar-refractivity contribution in [3.8, 4) is 0 Å². The lowest BCUT2D eigenvalue weighted by molar-refractivity contribution is -0.119. The third-order valence-corrected chi connectivity index (χ3v) is 4.79. The maximum Gasteiger partial charge on any atom is 0.227 e. The van der Waals surface area contributed by atoms with E-state index in [1.165, 1.54) is 39.0 Å². The lowest BCUT2D eigenvalue weighted by Gasteiger charge is -2.25. The van der Waals surface area contributed by atoms with Crippen LogP contribution in [0.25, 0.3) is 0 Å². The Kier molecular flexibility index (Phi) is 4.46. The van der Waals surface area contributed by atoms with Crippen molar-refractivity contribution in [1.82, 2.24) is 0 Å². The Morgan fingerprint density at radius 2 is 2.00 bits per heavy atom. The van der Waals surface area contributed by atoms with Crippen molar-refractivity contribution < 1.29 is 9.59 Å². The fourth-order valence-corrected chi connectivity index (χ4v) is 3.74. The summed E-state index contributed by atoms with van der Waals surface area (Å²) in [6.45, 7) is 2.24. The third kappa shape index (κ3) is 3.16. The highest BCUT2D eigenvalue weighted by atomic mass is 16.2. The molecule has 3 rings (SSSR count). The quantitative estimate of drug-likeness (QED) is 0.928. The van der Waals surface area contributed by atoms with E-state index < -0.39 is 0 Å². The van der Waals surface area contributed by atoms with Crippen molar-refractivity contribution in [3.05, 3.63) is 23.8 Å². The molecule has 1 fully saturated rings. The number of hydrogen-bond acceptors (Lipinski definition) is 2. The molecule has 1 aromatic carbocycles. The summed E-state index contributed by atoms with van der Waals surface area (Å²) in [6, 6.07) is 5.88. The van der Waals surface area contributed by atoms with Crippen molar-refractivity contribution in [2.75, 3.05) is 16.8 Å². The van der Waals surface area contributed by atoms with Crippen LogP contribution in [-0.2, 0) is 16.0 Å². The Bertz CT molecular complexity index is 576. The number of hydrogen-bond donors (Lipinski definition) is 1. The summed E-state index contributed by atoms with van der Waals surface area (Å²) in [4.78, 5) is 26.0. The van der Waals surface area contributed by atoms with Gasteiger partial charge < -0.3 is 10.2 Å². The minimum absolute atomic E-state index is 0.0972. The third-order valence-electron chi connectivity index (χ3n) is 4.79. The Hall–Kier alpha value is -1.84.